The number of aryl methyl sites for hydroxylation is 1. The Hall–Kier alpha value is -9.97. The molecule has 0 aliphatic rings. The summed E-state index contributed by atoms with van der Waals surface area (Å²) in [5.41, 5.74) is 4.43. The van der Waals surface area contributed by atoms with E-state index in [0.29, 0.717) is 78.7 Å². The average Bonchev–Trinajstić information content (AvgIpc) is 4.09. The number of alkyl halides is 3. The van der Waals surface area contributed by atoms with Gasteiger partial charge in [0.25, 0.3) is 11.8 Å². The van der Waals surface area contributed by atoms with Gasteiger partial charge in [-0.15, -0.1) is 9.97 Å². The van der Waals surface area contributed by atoms with Gasteiger partial charge in [0.1, 0.15) is 35.5 Å². The maximum absolute atomic E-state index is 15.5. The van der Waals surface area contributed by atoms with Crippen LogP contribution in [0.2, 0.25) is 0 Å². The number of pyridine rings is 2. The minimum atomic E-state index is -4.60. The monoisotopic (exact) mass is 980 g/mol. The molecule has 73 heavy (non-hydrogen) atoms. The third-order valence-electron chi connectivity index (χ3n) is 11.9. The van der Waals surface area contributed by atoms with E-state index in [1.54, 1.807) is 85.1 Å². The standard InChI is InChI=1S/C52H37F4N15O2/c1-28-12-13-30(50(73)66-33-10-5-9-32(21-33)52(54,55)56)20-38(28)68-46-36(41-43-47(62-24-59-41)63-25-60-43)15-17-40(70-46)71-27-65-42(44-48(71)64-26-61-44)35-11-6-18-58-45(35)69-39-22-34(14-16-37(39)53)67-49(72)29-7-4-8-31(19-29)51(2,3)23-57/h4-22,24-27H,1-3H3,(H5,58,59,60,61,62,63,64,66,67,68,69,70,72,73)/p+1. The van der Waals surface area contributed by atoms with Gasteiger partial charge in [-0.25, -0.2) is 29.3 Å². The lowest BCUT2D eigenvalue weighted by Crippen LogP contribution is -2.34. The van der Waals surface area contributed by atoms with Crippen molar-refractivity contribution in [3.8, 4) is 34.4 Å². The number of benzene rings is 4. The van der Waals surface area contributed by atoms with Gasteiger partial charge < -0.3 is 26.3 Å². The summed E-state index contributed by atoms with van der Waals surface area (Å²) in [6, 6.07) is 29.2. The van der Waals surface area contributed by atoms with Gasteiger partial charge in [-0.1, -0.05) is 24.3 Å². The zero-order chi connectivity index (χ0) is 51.0. The summed E-state index contributed by atoms with van der Waals surface area (Å²) in [5.74, 6) is -0.848. The first-order valence-electron chi connectivity index (χ1n) is 22.2. The van der Waals surface area contributed by atoms with Crippen LogP contribution in [0.3, 0.4) is 0 Å². The molecule has 0 aliphatic carbocycles. The molecule has 0 atom stereocenters. The Bertz CT molecular complexity index is 3850. The van der Waals surface area contributed by atoms with Gasteiger partial charge in [-0.2, -0.15) is 23.0 Å². The largest absolute Gasteiger partial charge is 0.416 e. The number of carbonyl (C=O) groups is 2. The molecule has 2 amide bonds. The number of hydrogen-bond acceptors (Lipinski definition) is 12. The predicted octanol–water partition coefficient (Wildman–Crippen LogP) is 10.3. The molecule has 360 valence electrons. The van der Waals surface area contributed by atoms with E-state index >= 15 is 4.39 Å². The molecule has 21 heteroatoms. The number of carbonyl (C=O) groups excluding carboxylic acids is 2. The Balaban J connectivity index is 0.974. The van der Waals surface area contributed by atoms with Gasteiger partial charge in [0, 0.05) is 40.5 Å². The average molecular weight is 981 g/mol. The van der Waals surface area contributed by atoms with Crippen molar-refractivity contribution in [3.05, 3.63) is 174 Å². The lowest BCUT2D eigenvalue weighted by molar-refractivity contribution is -0.576. The molecule has 0 spiro atoms. The molecule has 0 aliphatic heterocycles. The third-order valence-corrected chi connectivity index (χ3v) is 11.9. The second-order valence-corrected chi connectivity index (χ2v) is 17.1. The first kappa shape index (κ1) is 46.7. The number of anilines is 6. The zero-order valence-electron chi connectivity index (χ0n) is 38.6. The number of hydrogen-bond donors (Lipinski definition) is 6. The predicted molar refractivity (Wildman–Crippen MR) is 264 cm³/mol. The minimum Gasteiger partial charge on any atom is -0.337 e. The molecule has 6 aromatic heterocycles. The molecule has 4 aromatic carbocycles. The van der Waals surface area contributed by atoms with Crippen molar-refractivity contribution in [2.45, 2.75) is 32.4 Å². The maximum Gasteiger partial charge on any atom is 0.416 e. The van der Waals surface area contributed by atoms with E-state index in [1.165, 1.54) is 61.8 Å². The van der Waals surface area contributed by atoms with Gasteiger partial charge in [-0.3, -0.25) is 14.6 Å². The molecule has 6 heterocycles. The first-order valence-corrected chi connectivity index (χ1v) is 22.2. The zero-order valence-corrected chi connectivity index (χ0v) is 38.6. The van der Waals surface area contributed by atoms with Crippen molar-refractivity contribution in [1.82, 2.24) is 44.9 Å². The van der Waals surface area contributed by atoms with Crippen LogP contribution >= 0.6 is 0 Å². The van der Waals surface area contributed by atoms with E-state index in [-0.39, 0.29) is 28.6 Å². The number of aromatic nitrogens is 10. The lowest BCUT2D eigenvalue weighted by Gasteiger charge is -2.17. The number of nitrogens with one attached hydrogen (secondary N) is 6. The molecule has 17 nitrogen and oxygen atoms in total. The summed E-state index contributed by atoms with van der Waals surface area (Å²) < 4.78 is 57.6. The van der Waals surface area contributed by atoms with Crippen LogP contribution in [-0.4, -0.2) is 56.7 Å². The van der Waals surface area contributed by atoms with Crippen LogP contribution in [0.25, 0.3) is 50.7 Å². The molecular weight excluding hydrogens is 943 g/mol. The van der Waals surface area contributed by atoms with E-state index < -0.39 is 34.8 Å². The number of imidazole rings is 2. The topological polar surface area (TPSA) is 232 Å². The molecule has 10 rings (SSSR count). The summed E-state index contributed by atoms with van der Waals surface area (Å²) in [4.78, 5) is 65.3. The normalized spacial score (nSPS) is 11.6. The van der Waals surface area contributed by atoms with Gasteiger partial charge in [0.2, 0.25) is 17.8 Å². The summed E-state index contributed by atoms with van der Waals surface area (Å²) in [6.45, 7) is 5.33. The fraction of sp³-hybridized carbons (Fsp3) is 0.0962. The highest BCUT2D eigenvalue weighted by Gasteiger charge is 2.31. The van der Waals surface area contributed by atoms with Crippen molar-refractivity contribution in [2.24, 2.45) is 0 Å². The lowest BCUT2D eigenvalue weighted by atomic mass is 9.85. The number of fused-ring (bicyclic) bond motifs is 2. The van der Waals surface area contributed by atoms with Crippen molar-refractivity contribution in [3.63, 3.8) is 0 Å². The number of halogens is 4. The smallest absolute Gasteiger partial charge is 0.337 e. The maximum atomic E-state index is 15.5. The molecule has 0 unspecified atom stereocenters. The minimum absolute atomic E-state index is 0.0126. The molecule has 0 saturated carbocycles. The molecular formula is C52H38F4N15O2+. The summed E-state index contributed by atoms with van der Waals surface area (Å²) >= 11 is 0. The third kappa shape index (κ3) is 9.42. The van der Waals surface area contributed by atoms with Crippen LogP contribution in [0, 0.1) is 24.1 Å². The van der Waals surface area contributed by atoms with Gasteiger partial charge in [-0.05, 0) is 111 Å². The molecule has 0 saturated heterocycles. The van der Waals surface area contributed by atoms with Crippen molar-refractivity contribution in [1.29, 1.82) is 5.26 Å². The Kier molecular flexibility index (Phi) is 12.0. The van der Waals surface area contributed by atoms with Gasteiger partial charge >= 0.3 is 6.18 Å². The molecule has 0 radical (unpaired) electrons. The van der Waals surface area contributed by atoms with Crippen LogP contribution in [0.5, 0.6) is 0 Å². The van der Waals surface area contributed by atoms with Crippen LogP contribution in [-0.2, 0) is 11.6 Å². The fourth-order valence-corrected chi connectivity index (χ4v) is 7.92. The van der Waals surface area contributed by atoms with Crippen molar-refractivity contribution < 1.29 is 31.7 Å². The van der Waals surface area contributed by atoms with Gasteiger partial charge in [0.15, 0.2) is 22.7 Å². The van der Waals surface area contributed by atoms with E-state index in [9.17, 15) is 28.0 Å². The Labute approximate surface area is 411 Å². The van der Waals surface area contributed by atoms with E-state index in [0.717, 1.165) is 12.1 Å². The van der Waals surface area contributed by atoms with E-state index in [2.05, 4.69) is 62.2 Å². The van der Waals surface area contributed by atoms with E-state index in [1.807, 2.05) is 6.92 Å². The van der Waals surface area contributed by atoms with Crippen LogP contribution in [0.4, 0.5) is 51.9 Å². The van der Waals surface area contributed by atoms with Crippen molar-refractivity contribution in [2.75, 3.05) is 21.3 Å². The SMILES string of the molecule is Cc1ccc(C(=O)Nc2cccc(C(F)(F)F)c2)cc1Nc1nc(-[n+]2cnc(-c3cccnc3Nc3cc(NC(=O)c4cccc(C(C)(C)C#N)c4)ccc3F)c3nc[nH]c32)ccc1-c1ncnc2[nH]cnc12. The fourth-order valence-electron chi connectivity index (χ4n) is 7.92. The molecule has 10 aromatic rings. The number of aromatic amines is 2. The Morgan fingerprint density at radius 2 is 1.38 bits per heavy atom. The molecule has 0 bridgehead atoms. The van der Waals surface area contributed by atoms with Gasteiger partial charge in [0.05, 0.1) is 40.2 Å². The number of nitriles is 1. The number of H-pyrrole nitrogens is 2. The van der Waals surface area contributed by atoms with Crippen molar-refractivity contribution >= 4 is 68.5 Å². The summed E-state index contributed by atoms with van der Waals surface area (Å²) in [7, 11) is 0. The quantitative estimate of drug-likeness (QED) is 0.0496. The highest BCUT2D eigenvalue weighted by molar-refractivity contribution is 6.06. The summed E-state index contributed by atoms with van der Waals surface area (Å²) in [6.07, 6.45) is 2.83. The number of nitrogens with zero attached hydrogens (tertiary/aromatic N) is 9. The Morgan fingerprint density at radius 3 is 2.19 bits per heavy atom. The van der Waals surface area contributed by atoms with E-state index in [4.69, 9.17) is 9.97 Å². The number of rotatable bonds is 12. The van der Waals surface area contributed by atoms with Crippen LogP contribution < -0.4 is 25.8 Å². The highest BCUT2D eigenvalue weighted by Crippen LogP contribution is 2.36. The molecule has 6 N–H and O–H groups in total. The second-order valence-electron chi connectivity index (χ2n) is 17.1. The van der Waals surface area contributed by atoms with Crippen LogP contribution in [0.15, 0.2) is 141 Å². The first-order chi connectivity index (χ1) is 35.1. The molecule has 0 fully saturated rings. The second kappa shape index (κ2) is 18.7. The van der Waals surface area contributed by atoms with Crippen LogP contribution in [0.1, 0.15) is 51.3 Å². The number of amides is 2. The Morgan fingerprint density at radius 1 is 0.671 bits per heavy atom. The summed E-state index contributed by atoms with van der Waals surface area (Å²) in [5, 5.41) is 21.4. The highest BCUT2D eigenvalue weighted by atomic mass is 19.4.